The predicted molar refractivity (Wildman–Crippen MR) is 135 cm³/mol. The smallest absolute Gasteiger partial charge is 0.323 e. The standard InChI is InChI=1S/C25H33ClN4O3/c1-17-9-12-30(13-10-17)23-8-7-19(15-21(23)24(31)27-11-4-14-33-3)28-25(32)29-20-6-5-18(2)22(26)16-20/h5-8,15-17H,4,9-14H2,1-3H3,(H,27,31)(H2,28,29,32). The molecule has 2 aromatic carbocycles. The summed E-state index contributed by atoms with van der Waals surface area (Å²) in [4.78, 5) is 27.8. The topological polar surface area (TPSA) is 82.7 Å². The molecule has 0 aliphatic carbocycles. The Kier molecular flexibility index (Phi) is 8.97. The van der Waals surface area contributed by atoms with E-state index in [0.29, 0.717) is 41.0 Å². The van der Waals surface area contributed by atoms with Gasteiger partial charge in [-0.15, -0.1) is 0 Å². The zero-order valence-electron chi connectivity index (χ0n) is 19.5. The van der Waals surface area contributed by atoms with Gasteiger partial charge in [-0.1, -0.05) is 24.6 Å². The number of urea groups is 1. The van der Waals surface area contributed by atoms with Gasteiger partial charge in [-0.25, -0.2) is 4.79 Å². The van der Waals surface area contributed by atoms with Gasteiger partial charge in [-0.3, -0.25) is 4.79 Å². The number of hydrogen-bond acceptors (Lipinski definition) is 4. The third kappa shape index (κ3) is 7.11. The van der Waals surface area contributed by atoms with Crippen molar-refractivity contribution in [1.29, 1.82) is 0 Å². The Hall–Kier alpha value is -2.77. The molecule has 33 heavy (non-hydrogen) atoms. The van der Waals surface area contributed by atoms with Gasteiger partial charge in [-0.05, 0) is 68.0 Å². The lowest BCUT2D eigenvalue weighted by atomic mass is 9.98. The molecule has 8 heteroatoms. The number of carbonyl (C=O) groups is 2. The molecule has 0 bridgehead atoms. The number of hydrogen-bond donors (Lipinski definition) is 3. The first-order valence-corrected chi connectivity index (χ1v) is 11.8. The lowest BCUT2D eigenvalue weighted by Crippen LogP contribution is -2.35. The Morgan fingerprint density at radius 2 is 1.76 bits per heavy atom. The van der Waals surface area contributed by atoms with Crippen molar-refractivity contribution in [1.82, 2.24) is 5.32 Å². The van der Waals surface area contributed by atoms with E-state index in [4.69, 9.17) is 16.3 Å². The highest BCUT2D eigenvalue weighted by Gasteiger charge is 2.22. The number of piperidine rings is 1. The summed E-state index contributed by atoms with van der Waals surface area (Å²) in [5.74, 6) is 0.529. The number of carbonyl (C=O) groups excluding carboxylic acids is 2. The van der Waals surface area contributed by atoms with E-state index in [0.717, 1.165) is 43.6 Å². The zero-order valence-corrected chi connectivity index (χ0v) is 20.3. The summed E-state index contributed by atoms with van der Waals surface area (Å²) in [6.07, 6.45) is 2.92. The summed E-state index contributed by atoms with van der Waals surface area (Å²) in [6.45, 7) is 7.09. The SMILES string of the molecule is COCCCNC(=O)c1cc(NC(=O)Nc2ccc(C)c(Cl)c2)ccc1N1CCC(C)CC1. The van der Waals surface area contributed by atoms with E-state index in [2.05, 4.69) is 27.8 Å². The second-order valence-electron chi connectivity index (χ2n) is 8.55. The number of halogens is 1. The van der Waals surface area contributed by atoms with E-state index < -0.39 is 6.03 Å². The summed E-state index contributed by atoms with van der Waals surface area (Å²) >= 11 is 6.15. The molecule has 2 aromatic rings. The van der Waals surface area contributed by atoms with Crippen LogP contribution in [0.15, 0.2) is 36.4 Å². The second kappa shape index (κ2) is 11.9. The van der Waals surface area contributed by atoms with Crippen molar-refractivity contribution >= 4 is 40.6 Å². The third-order valence-electron chi connectivity index (χ3n) is 5.86. The molecule has 0 spiro atoms. The Balaban J connectivity index is 1.75. The molecule has 1 heterocycles. The minimum absolute atomic E-state index is 0.158. The Bertz CT molecular complexity index is 974. The first-order valence-electron chi connectivity index (χ1n) is 11.4. The highest BCUT2D eigenvalue weighted by Crippen LogP contribution is 2.29. The molecule has 0 saturated carbocycles. The molecule has 0 atom stereocenters. The van der Waals surface area contributed by atoms with Crippen molar-refractivity contribution in [3.05, 3.63) is 52.5 Å². The lowest BCUT2D eigenvalue weighted by Gasteiger charge is -2.33. The van der Waals surface area contributed by atoms with Crippen molar-refractivity contribution in [2.75, 3.05) is 48.9 Å². The number of anilines is 3. The Morgan fingerprint density at radius 3 is 2.42 bits per heavy atom. The maximum atomic E-state index is 13.0. The molecular formula is C25H33ClN4O3. The minimum Gasteiger partial charge on any atom is -0.385 e. The number of amides is 3. The average Bonchev–Trinajstić information content (AvgIpc) is 2.79. The summed E-state index contributed by atoms with van der Waals surface area (Å²) < 4.78 is 5.06. The van der Waals surface area contributed by atoms with Crippen LogP contribution in [-0.4, -0.2) is 45.3 Å². The van der Waals surface area contributed by atoms with Crippen molar-refractivity contribution in [3.8, 4) is 0 Å². The van der Waals surface area contributed by atoms with Crippen molar-refractivity contribution < 1.29 is 14.3 Å². The summed E-state index contributed by atoms with van der Waals surface area (Å²) in [5.41, 5.74) is 3.52. The molecule has 7 nitrogen and oxygen atoms in total. The third-order valence-corrected chi connectivity index (χ3v) is 6.27. The van der Waals surface area contributed by atoms with Crippen LogP contribution in [0.25, 0.3) is 0 Å². The van der Waals surface area contributed by atoms with Gasteiger partial charge in [0, 0.05) is 55.4 Å². The van der Waals surface area contributed by atoms with E-state index in [9.17, 15) is 9.59 Å². The fourth-order valence-corrected chi connectivity index (χ4v) is 3.98. The fraction of sp³-hybridized carbons (Fsp3) is 0.440. The normalized spacial score (nSPS) is 14.1. The summed E-state index contributed by atoms with van der Waals surface area (Å²) in [6, 6.07) is 10.4. The lowest BCUT2D eigenvalue weighted by molar-refractivity contribution is 0.0949. The van der Waals surface area contributed by atoms with Crippen LogP contribution in [0.3, 0.4) is 0 Å². The number of benzene rings is 2. The maximum Gasteiger partial charge on any atom is 0.323 e. The molecule has 1 aliphatic heterocycles. The van der Waals surface area contributed by atoms with Crippen LogP contribution in [-0.2, 0) is 4.74 Å². The first kappa shape index (κ1) is 24.9. The largest absolute Gasteiger partial charge is 0.385 e. The van der Waals surface area contributed by atoms with Gasteiger partial charge in [0.2, 0.25) is 0 Å². The van der Waals surface area contributed by atoms with Crippen LogP contribution >= 0.6 is 11.6 Å². The van der Waals surface area contributed by atoms with Crippen LogP contribution in [0.5, 0.6) is 0 Å². The van der Waals surface area contributed by atoms with Gasteiger partial charge in [0.05, 0.1) is 5.56 Å². The average molecular weight is 473 g/mol. The molecule has 0 unspecified atom stereocenters. The first-order chi connectivity index (χ1) is 15.9. The van der Waals surface area contributed by atoms with Gasteiger partial charge < -0.3 is 25.6 Å². The van der Waals surface area contributed by atoms with Gasteiger partial charge in [0.1, 0.15) is 0 Å². The minimum atomic E-state index is -0.402. The highest BCUT2D eigenvalue weighted by atomic mass is 35.5. The zero-order chi connectivity index (χ0) is 23.8. The number of nitrogens with one attached hydrogen (secondary N) is 3. The second-order valence-corrected chi connectivity index (χ2v) is 8.95. The molecule has 0 radical (unpaired) electrons. The van der Waals surface area contributed by atoms with Crippen molar-refractivity contribution in [3.63, 3.8) is 0 Å². The van der Waals surface area contributed by atoms with E-state index in [1.54, 1.807) is 25.3 Å². The van der Waals surface area contributed by atoms with Gasteiger partial charge in [0.15, 0.2) is 0 Å². The monoisotopic (exact) mass is 472 g/mol. The quantitative estimate of drug-likeness (QED) is 0.455. The molecular weight excluding hydrogens is 440 g/mol. The molecule has 3 rings (SSSR count). The van der Waals surface area contributed by atoms with Crippen molar-refractivity contribution in [2.24, 2.45) is 5.92 Å². The van der Waals surface area contributed by atoms with Gasteiger partial charge in [0.25, 0.3) is 5.91 Å². The van der Waals surface area contributed by atoms with E-state index in [1.807, 2.05) is 25.1 Å². The van der Waals surface area contributed by atoms with Crippen LogP contribution in [0, 0.1) is 12.8 Å². The summed E-state index contributed by atoms with van der Waals surface area (Å²) in [7, 11) is 1.64. The van der Waals surface area contributed by atoms with E-state index in [1.165, 1.54) is 0 Å². The van der Waals surface area contributed by atoms with Crippen molar-refractivity contribution in [2.45, 2.75) is 33.1 Å². The molecule has 1 fully saturated rings. The van der Waals surface area contributed by atoms with Crippen LogP contribution in [0.2, 0.25) is 5.02 Å². The molecule has 0 aromatic heterocycles. The number of aryl methyl sites for hydroxylation is 1. The fourth-order valence-electron chi connectivity index (χ4n) is 3.80. The predicted octanol–water partition coefficient (Wildman–Crippen LogP) is 5.30. The Labute approximate surface area is 200 Å². The van der Waals surface area contributed by atoms with E-state index in [-0.39, 0.29) is 5.91 Å². The highest BCUT2D eigenvalue weighted by molar-refractivity contribution is 6.31. The molecule has 1 aliphatic rings. The number of rotatable bonds is 8. The number of ether oxygens (including phenoxy) is 1. The van der Waals surface area contributed by atoms with Crippen LogP contribution in [0.4, 0.5) is 21.9 Å². The molecule has 3 amide bonds. The summed E-state index contributed by atoms with van der Waals surface area (Å²) in [5, 5.41) is 9.15. The van der Waals surface area contributed by atoms with Gasteiger partial charge in [-0.2, -0.15) is 0 Å². The number of nitrogens with zero attached hydrogens (tertiary/aromatic N) is 1. The van der Waals surface area contributed by atoms with E-state index >= 15 is 0 Å². The maximum absolute atomic E-state index is 13.0. The van der Waals surface area contributed by atoms with Crippen LogP contribution < -0.4 is 20.9 Å². The molecule has 1 saturated heterocycles. The van der Waals surface area contributed by atoms with Gasteiger partial charge >= 0.3 is 6.03 Å². The Morgan fingerprint density at radius 1 is 1.09 bits per heavy atom. The molecule has 3 N–H and O–H groups in total. The van der Waals surface area contributed by atoms with Crippen LogP contribution in [0.1, 0.15) is 42.1 Å². The number of methoxy groups -OCH3 is 1. The molecule has 178 valence electrons.